The van der Waals surface area contributed by atoms with E-state index in [4.69, 9.17) is 5.73 Å². The van der Waals surface area contributed by atoms with Crippen LogP contribution >= 0.6 is 0 Å². The number of nitrogens with zero attached hydrogens (tertiary/aromatic N) is 1. The second-order valence-corrected chi connectivity index (χ2v) is 6.20. The van der Waals surface area contributed by atoms with Gasteiger partial charge in [-0.1, -0.05) is 0 Å². The molecule has 8 heteroatoms. The number of aromatic nitrogens is 2. The third kappa shape index (κ3) is 2.34. The zero-order valence-corrected chi connectivity index (χ0v) is 12.1. The van der Waals surface area contributed by atoms with Gasteiger partial charge in [0, 0.05) is 5.56 Å². The number of hydrogen-bond acceptors (Lipinski definition) is 4. The Morgan fingerprint density at radius 2 is 1.95 bits per heavy atom. The van der Waals surface area contributed by atoms with Gasteiger partial charge in [0.15, 0.2) is 0 Å². The van der Waals surface area contributed by atoms with E-state index < -0.39 is 15.8 Å². The van der Waals surface area contributed by atoms with Crippen LogP contribution in [0.25, 0.3) is 0 Å². The number of nitrogens with two attached hydrogens (primary N) is 1. The monoisotopic (exact) mass is 298 g/mol. The SMILES string of the molecule is Cc1cn[nH]c1NS(=O)(=O)c1c(C)cc(F)c(N)c1C. The zero-order chi connectivity index (χ0) is 15.1. The number of rotatable bonds is 3. The smallest absolute Gasteiger partial charge is 0.263 e. The number of aromatic amines is 1. The standard InChI is InChI=1S/C12H15FN4O2S/c1-6-4-9(13)10(14)8(3)11(6)20(18,19)17-12-7(2)5-15-16-12/h4-5H,14H2,1-3H3,(H2,15,16,17). The van der Waals surface area contributed by atoms with Gasteiger partial charge in [-0.05, 0) is 38.0 Å². The van der Waals surface area contributed by atoms with Gasteiger partial charge in [-0.15, -0.1) is 0 Å². The van der Waals surface area contributed by atoms with Crippen LogP contribution in [0.4, 0.5) is 15.9 Å². The summed E-state index contributed by atoms with van der Waals surface area (Å²) in [6.45, 7) is 4.70. The Morgan fingerprint density at radius 1 is 1.30 bits per heavy atom. The van der Waals surface area contributed by atoms with Gasteiger partial charge >= 0.3 is 0 Å². The van der Waals surface area contributed by atoms with Crippen LogP contribution in [0.2, 0.25) is 0 Å². The predicted molar refractivity (Wildman–Crippen MR) is 74.4 cm³/mol. The first kappa shape index (κ1) is 14.3. The molecule has 1 aromatic heterocycles. The number of anilines is 2. The van der Waals surface area contributed by atoms with E-state index in [2.05, 4.69) is 14.9 Å². The third-order valence-corrected chi connectivity index (χ3v) is 4.68. The van der Waals surface area contributed by atoms with E-state index >= 15 is 0 Å². The van der Waals surface area contributed by atoms with Gasteiger partial charge in [0.2, 0.25) is 0 Å². The maximum Gasteiger partial charge on any atom is 0.263 e. The summed E-state index contributed by atoms with van der Waals surface area (Å²) in [6, 6.07) is 1.11. The van der Waals surface area contributed by atoms with Gasteiger partial charge < -0.3 is 5.73 Å². The molecule has 0 aliphatic carbocycles. The van der Waals surface area contributed by atoms with Crippen molar-refractivity contribution in [1.82, 2.24) is 10.2 Å². The van der Waals surface area contributed by atoms with Crippen molar-refractivity contribution in [2.45, 2.75) is 25.7 Å². The molecule has 2 aromatic rings. The van der Waals surface area contributed by atoms with Crippen LogP contribution in [-0.2, 0) is 10.0 Å². The molecule has 6 nitrogen and oxygen atoms in total. The minimum Gasteiger partial charge on any atom is -0.396 e. The highest BCUT2D eigenvalue weighted by Gasteiger charge is 2.24. The minimum atomic E-state index is -3.87. The fourth-order valence-corrected chi connectivity index (χ4v) is 3.55. The van der Waals surface area contributed by atoms with Gasteiger partial charge in [0.05, 0.1) is 16.8 Å². The van der Waals surface area contributed by atoms with Gasteiger partial charge in [-0.3, -0.25) is 9.82 Å². The molecular formula is C12H15FN4O2S. The topological polar surface area (TPSA) is 101 Å². The fraction of sp³-hybridized carbons (Fsp3) is 0.250. The minimum absolute atomic E-state index is 0.0228. The van der Waals surface area contributed by atoms with E-state index in [0.29, 0.717) is 11.1 Å². The summed E-state index contributed by atoms with van der Waals surface area (Å²) < 4.78 is 40.7. The molecule has 1 heterocycles. The summed E-state index contributed by atoms with van der Waals surface area (Å²) >= 11 is 0. The second kappa shape index (κ2) is 4.78. The molecule has 0 fully saturated rings. The normalized spacial score (nSPS) is 11.6. The van der Waals surface area contributed by atoms with Crippen LogP contribution in [0.1, 0.15) is 16.7 Å². The molecule has 108 valence electrons. The van der Waals surface area contributed by atoms with Crippen molar-refractivity contribution >= 4 is 21.5 Å². The number of aryl methyl sites for hydroxylation is 2. The number of halogens is 1. The summed E-state index contributed by atoms with van der Waals surface area (Å²) in [7, 11) is -3.87. The maximum atomic E-state index is 13.5. The van der Waals surface area contributed by atoms with Gasteiger partial charge in [-0.25, -0.2) is 12.8 Å². The van der Waals surface area contributed by atoms with Gasteiger partial charge in [0.1, 0.15) is 11.6 Å². The third-order valence-electron chi connectivity index (χ3n) is 3.04. The molecule has 0 radical (unpaired) electrons. The maximum absolute atomic E-state index is 13.5. The Kier molecular flexibility index (Phi) is 3.43. The summed E-state index contributed by atoms with van der Waals surface area (Å²) in [4.78, 5) is -0.0228. The molecule has 0 atom stereocenters. The van der Waals surface area contributed by atoms with Crippen LogP contribution in [0.15, 0.2) is 17.2 Å². The summed E-state index contributed by atoms with van der Waals surface area (Å²) in [5.74, 6) is -0.358. The lowest BCUT2D eigenvalue weighted by molar-refractivity contribution is 0.598. The summed E-state index contributed by atoms with van der Waals surface area (Å²) in [5.41, 5.74) is 6.52. The van der Waals surface area contributed by atoms with Crippen molar-refractivity contribution in [2.24, 2.45) is 0 Å². The first-order valence-electron chi connectivity index (χ1n) is 5.82. The average Bonchev–Trinajstić information content (AvgIpc) is 2.71. The summed E-state index contributed by atoms with van der Waals surface area (Å²) in [6.07, 6.45) is 1.50. The summed E-state index contributed by atoms with van der Waals surface area (Å²) in [5, 5.41) is 6.29. The van der Waals surface area contributed by atoms with Gasteiger partial charge in [-0.2, -0.15) is 5.10 Å². The quantitative estimate of drug-likeness (QED) is 0.753. The molecule has 0 saturated heterocycles. The van der Waals surface area contributed by atoms with E-state index in [1.165, 1.54) is 20.0 Å². The number of nitrogens with one attached hydrogen (secondary N) is 2. The van der Waals surface area contributed by atoms with E-state index in [-0.39, 0.29) is 22.0 Å². The van der Waals surface area contributed by atoms with Crippen molar-refractivity contribution in [3.05, 3.63) is 34.8 Å². The Morgan fingerprint density at radius 3 is 2.50 bits per heavy atom. The highest BCUT2D eigenvalue weighted by atomic mass is 32.2. The first-order valence-corrected chi connectivity index (χ1v) is 7.30. The van der Waals surface area contributed by atoms with Crippen LogP contribution in [-0.4, -0.2) is 18.6 Å². The van der Waals surface area contributed by atoms with Crippen LogP contribution in [0.3, 0.4) is 0 Å². The fourth-order valence-electron chi connectivity index (χ4n) is 1.98. The predicted octanol–water partition coefficient (Wildman–Crippen LogP) is 1.86. The Hall–Kier alpha value is -2.09. The molecule has 0 aliphatic rings. The molecule has 0 bridgehead atoms. The van der Waals surface area contributed by atoms with E-state index in [1.54, 1.807) is 6.92 Å². The van der Waals surface area contributed by atoms with E-state index in [1.807, 2.05) is 0 Å². The largest absolute Gasteiger partial charge is 0.396 e. The molecule has 2 rings (SSSR count). The average molecular weight is 298 g/mol. The highest BCUT2D eigenvalue weighted by molar-refractivity contribution is 7.92. The molecule has 20 heavy (non-hydrogen) atoms. The number of nitrogen functional groups attached to an aromatic ring is 1. The molecule has 0 spiro atoms. The lowest BCUT2D eigenvalue weighted by atomic mass is 10.1. The molecule has 1 aromatic carbocycles. The number of benzene rings is 1. The first-order chi connectivity index (χ1) is 9.24. The van der Waals surface area contributed by atoms with Crippen molar-refractivity contribution in [3.63, 3.8) is 0 Å². The molecule has 4 N–H and O–H groups in total. The van der Waals surface area contributed by atoms with Crippen molar-refractivity contribution < 1.29 is 12.8 Å². The Labute approximate surface area is 116 Å². The Balaban J connectivity index is 2.56. The lowest BCUT2D eigenvalue weighted by Gasteiger charge is -2.14. The molecule has 0 amide bonds. The highest BCUT2D eigenvalue weighted by Crippen LogP contribution is 2.29. The molecule has 0 unspecified atom stereocenters. The molecular weight excluding hydrogens is 283 g/mol. The Bertz CT molecular complexity index is 768. The van der Waals surface area contributed by atoms with Crippen molar-refractivity contribution in [2.75, 3.05) is 10.5 Å². The van der Waals surface area contributed by atoms with Crippen LogP contribution < -0.4 is 10.5 Å². The molecule has 0 saturated carbocycles. The number of hydrogen-bond donors (Lipinski definition) is 3. The number of sulfonamides is 1. The van der Waals surface area contributed by atoms with Crippen molar-refractivity contribution in [3.8, 4) is 0 Å². The van der Waals surface area contributed by atoms with E-state index in [9.17, 15) is 12.8 Å². The van der Waals surface area contributed by atoms with Gasteiger partial charge in [0.25, 0.3) is 10.0 Å². The van der Waals surface area contributed by atoms with Crippen LogP contribution in [0, 0.1) is 26.6 Å². The zero-order valence-electron chi connectivity index (χ0n) is 11.3. The molecule has 0 aliphatic heterocycles. The van der Waals surface area contributed by atoms with Crippen molar-refractivity contribution in [1.29, 1.82) is 0 Å². The lowest BCUT2D eigenvalue weighted by Crippen LogP contribution is -2.18. The van der Waals surface area contributed by atoms with Crippen LogP contribution in [0.5, 0.6) is 0 Å². The number of H-pyrrole nitrogens is 1. The van der Waals surface area contributed by atoms with E-state index in [0.717, 1.165) is 6.07 Å². The second-order valence-electron chi connectivity index (χ2n) is 4.58.